The fourth-order valence-corrected chi connectivity index (χ4v) is 6.10. The van der Waals surface area contributed by atoms with Crippen LogP contribution >= 0.6 is 15.9 Å². The Hall–Kier alpha value is -0.680. The first-order chi connectivity index (χ1) is 10.7. The van der Waals surface area contributed by atoms with Crippen molar-refractivity contribution >= 4 is 41.7 Å². The van der Waals surface area contributed by atoms with Crippen molar-refractivity contribution in [1.82, 2.24) is 4.72 Å². The first-order valence-electron chi connectivity index (χ1n) is 7.34. The van der Waals surface area contributed by atoms with Gasteiger partial charge in [-0.2, -0.15) is 4.72 Å². The summed E-state index contributed by atoms with van der Waals surface area (Å²) in [5.74, 6) is 0.219. The first kappa shape index (κ1) is 17.2. The lowest BCUT2D eigenvalue weighted by Gasteiger charge is -2.36. The van der Waals surface area contributed by atoms with Gasteiger partial charge in [0, 0.05) is 4.47 Å². The Labute approximate surface area is 144 Å². The van der Waals surface area contributed by atoms with Crippen molar-refractivity contribution in [3.05, 3.63) is 16.6 Å². The van der Waals surface area contributed by atoms with Gasteiger partial charge < -0.3 is 5.32 Å². The van der Waals surface area contributed by atoms with Crippen molar-refractivity contribution in [3.63, 3.8) is 0 Å². The Morgan fingerprint density at radius 2 is 1.83 bits per heavy atom. The van der Waals surface area contributed by atoms with Gasteiger partial charge in [-0.1, -0.05) is 19.3 Å². The van der Waals surface area contributed by atoms with Crippen LogP contribution in [0.25, 0.3) is 0 Å². The van der Waals surface area contributed by atoms with Crippen molar-refractivity contribution in [2.24, 2.45) is 11.1 Å². The number of halogens is 1. The van der Waals surface area contributed by atoms with E-state index in [1.165, 1.54) is 12.5 Å². The number of nitrogens with two attached hydrogens (primary N) is 1. The van der Waals surface area contributed by atoms with Crippen LogP contribution in [-0.4, -0.2) is 23.0 Å². The van der Waals surface area contributed by atoms with E-state index in [0.717, 1.165) is 31.7 Å². The Bertz CT molecular complexity index is 833. The molecule has 1 fully saturated rings. The summed E-state index contributed by atoms with van der Waals surface area (Å²) >= 11 is 3.25. The zero-order chi connectivity index (χ0) is 16.8. The van der Waals surface area contributed by atoms with E-state index in [1.54, 1.807) is 0 Å². The SMILES string of the molecule is NS(=O)(=O)c1cc(Br)c2c(c1)S(=O)(=O)NC(C1CCCCC1)N2. The lowest BCUT2D eigenvalue weighted by molar-refractivity contribution is 0.306. The molecule has 3 rings (SSSR count). The summed E-state index contributed by atoms with van der Waals surface area (Å²) in [6.07, 6.45) is 4.88. The highest BCUT2D eigenvalue weighted by Crippen LogP contribution is 2.38. The summed E-state index contributed by atoms with van der Waals surface area (Å²) in [6, 6.07) is 2.40. The molecular formula is C13H18BrN3O4S2. The standard InChI is InChI=1S/C13H18BrN3O4S2/c14-10-6-9(22(15,18)19)7-11-12(10)16-13(17-23(11,20)21)8-4-2-1-3-5-8/h6-8,13,16-17H,1-5H2,(H2,15,18,19). The predicted molar refractivity (Wildman–Crippen MR) is 89.8 cm³/mol. The van der Waals surface area contributed by atoms with E-state index in [2.05, 4.69) is 26.0 Å². The van der Waals surface area contributed by atoms with Gasteiger partial charge in [-0.3, -0.25) is 0 Å². The van der Waals surface area contributed by atoms with Gasteiger partial charge in [0.05, 0.1) is 16.7 Å². The fourth-order valence-electron chi connectivity index (χ4n) is 3.17. The molecule has 7 nitrogen and oxygen atoms in total. The van der Waals surface area contributed by atoms with Crippen molar-refractivity contribution < 1.29 is 16.8 Å². The molecule has 1 aromatic rings. The number of nitrogens with one attached hydrogen (secondary N) is 2. The quantitative estimate of drug-likeness (QED) is 0.668. The third-order valence-electron chi connectivity index (χ3n) is 4.35. The molecule has 2 aliphatic rings. The molecule has 1 saturated carbocycles. The number of sulfonamides is 2. The zero-order valence-electron chi connectivity index (χ0n) is 12.2. The summed E-state index contributed by atoms with van der Waals surface area (Å²) in [7, 11) is -7.80. The summed E-state index contributed by atoms with van der Waals surface area (Å²) < 4.78 is 51.1. The molecule has 0 saturated heterocycles. The van der Waals surface area contributed by atoms with Crippen molar-refractivity contribution in [1.29, 1.82) is 0 Å². The van der Waals surface area contributed by atoms with Gasteiger partial charge in [0.2, 0.25) is 20.0 Å². The maximum absolute atomic E-state index is 12.5. The van der Waals surface area contributed by atoms with Crippen LogP contribution in [0.3, 0.4) is 0 Å². The Morgan fingerprint density at radius 1 is 1.17 bits per heavy atom. The number of hydrogen-bond acceptors (Lipinski definition) is 5. The second-order valence-corrected chi connectivity index (χ2v) is 10.1. The van der Waals surface area contributed by atoms with Crippen LogP contribution < -0.4 is 15.2 Å². The Kier molecular flexibility index (Phi) is 4.47. The average molecular weight is 424 g/mol. The average Bonchev–Trinajstić information content (AvgIpc) is 2.47. The van der Waals surface area contributed by atoms with Gasteiger partial charge in [-0.15, -0.1) is 0 Å². The molecule has 1 unspecified atom stereocenters. The van der Waals surface area contributed by atoms with Gasteiger partial charge in [0.15, 0.2) is 0 Å². The molecular weight excluding hydrogens is 406 g/mol. The van der Waals surface area contributed by atoms with E-state index in [-0.39, 0.29) is 21.9 Å². The Balaban J connectivity index is 2.05. The van der Waals surface area contributed by atoms with Crippen LogP contribution in [-0.2, 0) is 20.0 Å². The third-order valence-corrected chi connectivity index (χ3v) is 7.33. The minimum absolute atomic E-state index is 0.108. The Morgan fingerprint density at radius 3 is 2.43 bits per heavy atom. The van der Waals surface area contributed by atoms with E-state index in [0.29, 0.717) is 10.2 Å². The van der Waals surface area contributed by atoms with E-state index in [9.17, 15) is 16.8 Å². The molecule has 0 amide bonds. The van der Waals surface area contributed by atoms with E-state index in [1.807, 2.05) is 0 Å². The number of benzene rings is 1. The summed E-state index contributed by atoms with van der Waals surface area (Å²) in [4.78, 5) is -0.352. The van der Waals surface area contributed by atoms with Crippen LogP contribution in [0, 0.1) is 5.92 Å². The second-order valence-electron chi connectivity index (χ2n) is 5.96. The molecule has 128 valence electrons. The summed E-state index contributed by atoms with van der Waals surface area (Å²) in [6.45, 7) is 0. The van der Waals surface area contributed by atoms with Crippen LogP contribution in [0.1, 0.15) is 32.1 Å². The van der Waals surface area contributed by atoms with Crippen LogP contribution in [0.2, 0.25) is 0 Å². The monoisotopic (exact) mass is 423 g/mol. The summed E-state index contributed by atoms with van der Waals surface area (Å²) in [5, 5.41) is 8.30. The lowest BCUT2D eigenvalue weighted by atomic mass is 9.87. The third kappa shape index (κ3) is 3.41. The maximum Gasteiger partial charge on any atom is 0.244 e. The minimum Gasteiger partial charge on any atom is -0.367 e. The van der Waals surface area contributed by atoms with Gasteiger partial charge in [0.25, 0.3) is 0 Å². The second kappa shape index (κ2) is 5.99. The van der Waals surface area contributed by atoms with Crippen LogP contribution in [0.4, 0.5) is 5.69 Å². The van der Waals surface area contributed by atoms with E-state index in [4.69, 9.17) is 5.14 Å². The van der Waals surface area contributed by atoms with E-state index < -0.39 is 20.0 Å². The molecule has 1 aliphatic heterocycles. The van der Waals surface area contributed by atoms with Crippen LogP contribution in [0.15, 0.2) is 26.4 Å². The molecule has 1 heterocycles. The smallest absolute Gasteiger partial charge is 0.244 e. The molecule has 0 aromatic heterocycles. The normalized spacial score (nSPS) is 24.7. The lowest BCUT2D eigenvalue weighted by Crippen LogP contribution is -2.49. The van der Waals surface area contributed by atoms with Crippen molar-refractivity contribution in [2.45, 2.75) is 48.1 Å². The first-order valence-corrected chi connectivity index (χ1v) is 11.2. The molecule has 4 N–H and O–H groups in total. The predicted octanol–water partition coefficient (Wildman–Crippen LogP) is 1.71. The number of anilines is 1. The van der Waals surface area contributed by atoms with Gasteiger partial charge in [-0.05, 0) is 46.8 Å². The topological polar surface area (TPSA) is 118 Å². The number of rotatable bonds is 2. The van der Waals surface area contributed by atoms with Gasteiger partial charge in [0.1, 0.15) is 4.90 Å². The molecule has 1 aliphatic carbocycles. The van der Waals surface area contributed by atoms with Crippen molar-refractivity contribution in [2.75, 3.05) is 5.32 Å². The van der Waals surface area contributed by atoms with Gasteiger partial charge in [-0.25, -0.2) is 22.0 Å². The van der Waals surface area contributed by atoms with Gasteiger partial charge >= 0.3 is 0 Å². The number of fused-ring (bicyclic) bond motifs is 1. The molecule has 10 heteroatoms. The fraction of sp³-hybridized carbons (Fsp3) is 0.538. The zero-order valence-corrected chi connectivity index (χ0v) is 15.5. The highest BCUT2D eigenvalue weighted by atomic mass is 79.9. The molecule has 1 aromatic carbocycles. The van der Waals surface area contributed by atoms with E-state index >= 15 is 0 Å². The molecule has 1 atom stereocenters. The highest BCUT2D eigenvalue weighted by Gasteiger charge is 2.36. The number of hydrogen-bond donors (Lipinski definition) is 3. The summed E-state index contributed by atoms with van der Waals surface area (Å²) in [5.41, 5.74) is 0.381. The van der Waals surface area contributed by atoms with Crippen molar-refractivity contribution in [3.8, 4) is 0 Å². The molecule has 0 spiro atoms. The minimum atomic E-state index is -3.99. The number of primary sulfonamides is 1. The molecule has 0 radical (unpaired) electrons. The largest absolute Gasteiger partial charge is 0.367 e. The van der Waals surface area contributed by atoms with Crippen LogP contribution in [0.5, 0.6) is 0 Å². The molecule has 0 bridgehead atoms. The highest BCUT2D eigenvalue weighted by molar-refractivity contribution is 9.10. The maximum atomic E-state index is 12.5. The molecule has 23 heavy (non-hydrogen) atoms.